The summed E-state index contributed by atoms with van der Waals surface area (Å²) >= 11 is 0. The van der Waals surface area contributed by atoms with Crippen molar-refractivity contribution < 1.29 is 0 Å². The summed E-state index contributed by atoms with van der Waals surface area (Å²) in [5.74, 6) is 0. The average molecular weight is 460 g/mol. The van der Waals surface area contributed by atoms with E-state index in [4.69, 9.17) is 0 Å². The number of fused-ring (bicyclic) bond motifs is 2. The highest BCUT2D eigenvalue weighted by Gasteiger charge is 2.45. The first-order valence-corrected chi connectivity index (χ1v) is 12.8. The summed E-state index contributed by atoms with van der Waals surface area (Å²) in [5.41, 5.74) is 17.4. The summed E-state index contributed by atoms with van der Waals surface area (Å²) in [4.78, 5) is 4.96. The highest BCUT2D eigenvalue weighted by Crippen LogP contribution is 2.45. The third kappa shape index (κ3) is 2.63. The molecule has 0 saturated carbocycles. The minimum Gasteiger partial charge on any atom is -0.311 e. The minimum absolute atomic E-state index is 0.229. The molecule has 0 fully saturated rings. The van der Waals surface area contributed by atoms with Crippen molar-refractivity contribution in [3.63, 3.8) is 0 Å². The molecule has 0 unspecified atom stereocenters. The molecule has 2 bridgehead atoms. The van der Waals surface area contributed by atoms with E-state index >= 15 is 0 Å². The lowest BCUT2D eigenvalue weighted by Crippen LogP contribution is -2.63. The Morgan fingerprint density at radius 3 is 1.97 bits per heavy atom. The number of aryl methyl sites for hydroxylation is 2. The van der Waals surface area contributed by atoms with Gasteiger partial charge in [0.2, 0.25) is 0 Å². The van der Waals surface area contributed by atoms with Crippen molar-refractivity contribution in [3.8, 4) is 0 Å². The second kappa shape index (κ2) is 7.14. The van der Waals surface area contributed by atoms with E-state index in [1.54, 1.807) is 0 Å². The van der Waals surface area contributed by atoms with E-state index in [1.165, 1.54) is 72.8 Å². The van der Waals surface area contributed by atoms with Gasteiger partial charge in [-0.15, -0.1) is 0 Å². The molecule has 9 rings (SSSR count). The first-order valence-electron chi connectivity index (χ1n) is 12.8. The number of para-hydroxylation sites is 1. The average Bonchev–Trinajstić information content (AvgIpc) is 2.89. The first-order chi connectivity index (χ1) is 17.7. The third-order valence-electron chi connectivity index (χ3n) is 8.10. The topological polar surface area (TPSA) is 6.48 Å². The minimum atomic E-state index is 0.229. The summed E-state index contributed by atoms with van der Waals surface area (Å²) in [7, 11) is 0. The van der Waals surface area contributed by atoms with Crippen LogP contribution in [0.3, 0.4) is 0 Å². The zero-order valence-corrected chi connectivity index (χ0v) is 20.5. The lowest BCUT2D eigenvalue weighted by Gasteiger charge is -2.46. The van der Waals surface area contributed by atoms with Gasteiger partial charge in [0.25, 0.3) is 6.71 Å². The lowest BCUT2D eigenvalue weighted by molar-refractivity contribution is 1.09. The Hall–Kier alpha value is -4.24. The second-order valence-corrected chi connectivity index (χ2v) is 10.4. The Morgan fingerprint density at radius 1 is 0.556 bits per heavy atom. The molecule has 0 atom stereocenters. The van der Waals surface area contributed by atoms with Crippen molar-refractivity contribution in [2.24, 2.45) is 0 Å². The van der Waals surface area contributed by atoms with Crippen LogP contribution in [0.15, 0.2) is 103 Å². The van der Waals surface area contributed by atoms with Crippen molar-refractivity contribution in [2.75, 3.05) is 9.80 Å². The van der Waals surface area contributed by atoms with Gasteiger partial charge in [-0.2, -0.15) is 0 Å². The fourth-order valence-electron chi connectivity index (χ4n) is 6.49. The number of nitrogens with zero attached hydrogens (tertiary/aromatic N) is 2. The molecular formula is C33H25BN2. The summed E-state index contributed by atoms with van der Waals surface area (Å²) < 4.78 is 0. The van der Waals surface area contributed by atoms with Crippen LogP contribution in [0.25, 0.3) is 0 Å². The molecule has 0 aromatic heterocycles. The molecule has 2 nitrogen and oxygen atoms in total. The van der Waals surface area contributed by atoms with Gasteiger partial charge >= 0.3 is 0 Å². The van der Waals surface area contributed by atoms with E-state index in [2.05, 4.69) is 127 Å². The van der Waals surface area contributed by atoms with Crippen molar-refractivity contribution in [1.29, 1.82) is 0 Å². The Labute approximate surface area is 212 Å². The summed E-state index contributed by atoms with van der Waals surface area (Å²) in [6, 6.07) is 38.5. The number of benzene rings is 5. The van der Waals surface area contributed by atoms with Crippen LogP contribution in [0.1, 0.15) is 22.3 Å². The molecule has 4 aliphatic rings. The molecule has 0 N–H and O–H groups in total. The van der Waals surface area contributed by atoms with Crippen LogP contribution >= 0.6 is 0 Å². The molecule has 0 radical (unpaired) electrons. The molecule has 36 heavy (non-hydrogen) atoms. The highest BCUT2D eigenvalue weighted by atomic mass is 15.2. The predicted octanol–water partition coefficient (Wildman–Crippen LogP) is 6.29. The second-order valence-electron chi connectivity index (χ2n) is 10.4. The third-order valence-corrected chi connectivity index (χ3v) is 8.10. The maximum Gasteiger partial charge on any atom is 0.252 e. The number of rotatable bonds is 2. The van der Waals surface area contributed by atoms with Gasteiger partial charge < -0.3 is 9.80 Å². The van der Waals surface area contributed by atoms with Gasteiger partial charge in [-0.3, -0.25) is 0 Å². The molecule has 0 saturated heterocycles. The van der Waals surface area contributed by atoms with Gasteiger partial charge in [-0.1, -0.05) is 65.7 Å². The van der Waals surface area contributed by atoms with Gasteiger partial charge in [-0.05, 0) is 96.3 Å². The monoisotopic (exact) mass is 460 g/mol. The quantitative estimate of drug-likeness (QED) is 0.280. The number of hydrogen-bond acceptors (Lipinski definition) is 2. The van der Waals surface area contributed by atoms with Crippen LogP contribution in [0, 0.1) is 13.8 Å². The first kappa shape index (κ1) is 20.0. The standard InChI is InChI=1S/C33H25BN2/c1-21-11-14-26(15-12-21)35-28-16-13-22(2)17-27(28)34-32-24-18-23(19-24)20-31(32)36(25-7-4-3-5-8-25)30-10-6-9-29(35)33(30)34/h3-18,20H,19H2,1-2H3. The van der Waals surface area contributed by atoms with Crippen molar-refractivity contribution in [2.45, 2.75) is 20.3 Å². The maximum atomic E-state index is 2.49. The predicted molar refractivity (Wildman–Crippen MR) is 153 cm³/mol. The van der Waals surface area contributed by atoms with E-state index in [9.17, 15) is 0 Å². The number of anilines is 6. The van der Waals surface area contributed by atoms with Crippen LogP contribution in [-0.4, -0.2) is 6.71 Å². The van der Waals surface area contributed by atoms with Gasteiger partial charge in [-0.25, -0.2) is 0 Å². The largest absolute Gasteiger partial charge is 0.311 e. The molecule has 0 spiro atoms. The Kier molecular flexibility index (Phi) is 3.97. The zero-order chi connectivity index (χ0) is 24.0. The van der Waals surface area contributed by atoms with E-state index in [-0.39, 0.29) is 6.71 Å². The molecule has 5 aromatic rings. The molecule has 0 amide bonds. The fourth-order valence-corrected chi connectivity index (χ4v) is 6.49. The Balaban J connectivity index is 1.48. The fraction of sp³-hybridized carbons (Fsp3) is 0.0909. The summed E-state index contributed by atoms with van der Waals surface area (Å²) in [5, 5.41) is 0. The molecular weight excluding hydrogens is 435 g/mol. The zero-order valence-electron chi connectivity index (χ0n) is 20.5. The summed E-state index contributed by atoms with van der Waals surface area (Å²) in [6.45, 7) is 4.60. The Morgan fingerprint density at radius 2 is 1.22 bits per heavy atom. The van der Waals surface area contributed by atoms with Gasteiger partial charge in [0.15, 0.2) is 0 Å². The SMILES string of the molecule is Cc1ccc(N2c3ccc(C)cc3B3c4c5cc(cc4N(c4ccccc4)c4cccc2c43)C5)cc1. The maximum absolute atomic E-state index is 2.49. The smallest absolute Gasteiger partial charge is 0.252 e. The molecule has 170 valence electrons. The van der Waals surface area contributed by atoms with Crippen LogP contribution in [0.2, 0.25) is 0 Å². The summed E-state index contributed by atoms with van der Waals surface area (Å²) in [6.07, 6.45) is 1.08. The lowest BCUT2D eigenvalue weighted by atomic mass is 9.32. The molecule has 3 heteroatoms. The van der Waals surface area contributed by atoms with Crippen molar-refractivity contribution in [3.05, 3.63) is 125 Å². The normalized spacial score (nSPS) is 14.1. The molecule has 5 aromatic carbocycles. The van der Waals surface area contributed by atoms with Gasteiger partial charge in [0, 0.05) is 34.1 Å². The van der Waals surface area contributed by atoms with Crippen molar-refractivity contribution >= 4 is 57.2 Å². The van der Waals surface area contributed by atoms with Gasteiger partial charge in [0.1, 0.15) is 0 Å². The van der Waals surface area contributed by atoms with Crippen molar-refractivity contribution in [1.82, 2.24) is 0 Å². The van der Waals surface area contributed by atoms with E-state index < -0.39 is 0 Å². The molecule has 2 aliphatic heterocycles. The van der Waals surface area contributed by atoms with Gasteiger partial charge in [0.05, 0.1) is 0 Å². The van der Waals surface area contributed by atoms with Crippen LogP contribution in [0.4, 0.5) is 34.1 Å². The van der Waals surface area contributed by atoms with E-state index in [0.29, 0.717) is 0 Å². The highest BCUT2D eigenvalue weighted by molar-refractivity contribution is 7.00. The molecule has 2 aliphatic carbocycles. The Bertz CT molecular complexity index is 1690. The number of hydrogen-bond donors (Lipinski definition) is 0. The van der Waals surface area contributed by atoms with E-state index in [1.807, 2.05) is 0 Å². The van der Waals surface area contributed by atoms with Crippen LogP contribution in [0.5, 0.6) is 0 Å². The molecule has 2 heterocycles. The van der Waals surface area contributed by atoms with Crippen LogP contribution < -0.4 is 26.2 Å². The van der Waals surface area contributed by atoms with E-state index in [0.717, 1.165) is 6.42 Å². The van der Waals surface area contributed by atoms with Crippen LogP contribution in [-0.2, 0) is 6.42 Å².